The first-order valence-corrected chi connectivity index (χ1v) is 6.28. The average molecular weight is 247 g/mol. The van der Waals surface area contributed by atoms with Crippen LogP contribution in [-0.4, -0.2) is 16.1 Å². The Hall–Kier alpha value is -1.68. The predicted octanol–water partition coefficient (Wildman–Crippen LogP) is 2.99. The molecular weight excluding hydrogens is 234 g/mol. The van der Waals surface area contributed by atoms with Gasteiger partial charge in [-0.15, -0.1) is 11.3 Å². The Morgan fingerprint density at radius 2 is 2.06 bits per heavy atom. The molecule has 0 radical (unpaired) electrons. The van der Waals surface area contributed by atoms with Crippen LogP contribution in [0.15, 0.2) is 30.3 Å². The third kappa shape index (κ3) is 2.71. The minimum Gasteiger partial charge on any atom is -0.476 e. The molecule has 0 fully saturated rings. The van der Waals surface area contributed by atoms with E-state index in [1.54, 1.807) is 0 Å². The van der Waals surface area contributed by atoms with E-state index in [0.717, 1.165) is 21.9 Å². The highest BCUT2D eigenvalue weighted by Crippen LogP contribution is 2.22. The highest BCUT2D eigenvalue weighted by molar-refractivity contribution is 7.11. The molecule has 3 nitrogen and oxygen atoms in total. The molecule has 2 rings (SSSR count). The summed E-state index contributed by atoms with van der Waals surface area (Å²) >= 11 is 1.49. The zero-order valence-corrected chi connectivity index (χ0v) is 10.3. The van der Waals surface area contributed by atoms with E-state index < -0.39 is 5.97 Å². The highest BCUT2D eigenvalue weighted by Gasteiger charge is 2.16. The van der Waals surface area contributed by atoms with Gasteiger partial charge in [-0.1, -0.05) is 37.3 Å². The molecule has 88 valence electrons. The van der Waals surface area contributed by atoms with Crippen molar-refractivity contribution in [2.24, 2.45) is 0 Å². The Labute approximate surface area is 104 Å². The minimum atomic E-state index is -0.938. The van der Waals surface area contributed by atoms with Gasteiger partial charge in [0.05, 0.1) is 5.01 Å². The van der Waals surface area contributed by atoms with Crippen LogP contribution in [0.1, 0.15) is 32.9 Å². The second-order valence-electron chi connectivity index (χ2n) is 3.70. The second-order valence-corrected chi connectivity index (χ2v) is 4.87. The molecule has 0 aliphatic carbocycles. The Bertz CT molecular complexity index is 519. The molecule has 0 saturated carbocycles. The van der Waals surface area contributed by atoms with Crippen LogP contribution in [0.2, 0.25) is 0 Å². The van der Waals surface area contributed by atoms with Crippen LogP contribution in [0.25, 0.3) is 0 Å². The van der Waals surface area contributed by atoms with Crippen molar-refractivity contribution in [1.82, 2.24) is 4.98 Å². The maximum absolute atomic E-state index is 11.1. The van der Waals surface area contributed by atoms with Gasteiger partial charge in [0.1, 0.15) is 0 Å². The van der Waals surface area contributed by atoms with Crippen LogP contribution in [0.5, 0.6) is 0 Å². The summed E-state index contributed by atoms with van der Waals surface area (Å²) in [5, 5.41) is 9.98. The van der Waals surface area contributed by atoms with Gasteiger partial charge in [-0.05, 0) is 12.0 Å². The number of hydrogen-bond acceptors (Lipinski definition) is 3. The van der Waals surface area contributed by atoms with Crippen molar-refractivity contribution < 1.29 is 9.90 Å². The van der Waals surface area contributed by atoms with Gasteiger partial charge in [0.2, 0.25) is 0 Å². The maximum Gasteiger partial charge on any atom is 0.355 e. The molecule has 0 aliphatic rings. The Kier molecular flexibility index (Phi) is 3.54. The lowest BCUT2D eigenvalue weighted by Crippen LogP contribution is -2.01. The van der Waals surface area contributed by atoms with Gasteiger partial charge in [-0.25, -0.2) is 9.78 Å². The van der Waals surface area contributed by atoms with Crippen molar-refractivity contribution in [3.05, 3.63) is 51.5 Å². The quantitative estimate of drug-likeness (QED) is 0.903. The van der Waals surface area contributed by atoms with E-state index >= 15 is 0 Å². The number of nitrogens with zero attached hydrogens (tertiary/aromatic N) is 1. The van der Waals surface area contributed by atoms with Crippen molar-refractivity contribution in [2.45, 2.75) is 19.8 Å². The lowest BCUT2D eigenvalue weighted by molar-refractivity contribution is 0.0690. The van der Waals surface area contributed by atoms with Crippen LogP contribution in [-0.2, 0) is 12.8 Å². The summed E-state index contributed by atoms with van der Waals surface area (Å²) in [6, 6.07) is 9.86. The summed E-state index contributed by atoms with van der Waals surface area (Å²) in [6.07, 6.45) is 1.42. The smallest absolute Gasteiger partial charge is 0.355 e. The molecule has 0 amide bonds. The summed E-state index contributed by atoms with van der Waals surface area (Å²) in [5.41, 5.74) is 1.32. The molecule has 1 heterocycles. The van der Waals surface area contributed by atoms with Gasteiger partial charge in [0.15, 0.2) is 5.69 Å². The molecule has 1 aromatic carbocycles. The summed E-state index contributed by atoms with van der Waals surface area (Å²) in [7, 11) is 0. The highest BCUT2D eigenvalue weighted by atomic mass is 32.1. The lowest BCUT2D eigenvalue weighted by Gasteiger charge is -1.98. The van der Waals surface area contributed by atoms with Crippen LogP contribution in [0.3, 0.4) is 0 Å². The fraction of sp³-hybridized carbons (Fsp3) is 0.231. The van der Waals surface area contributed by atoms with Crippen molar-refractivity contribution in [3.8, 4) is 0 Å². The molecule has 0 aliphatic heterocycles. The van der Waals surface area contributed by atoms with Gasteiger partial charge in [-0.2, -0.15) is 0 Å². The van der Waals surface area contributed by atoms with E-state index in [4.69, 9.17) is 5.11 Å². The molecule has 0 atom stereocenters. The SMILES string of the molecule is CCc1nc(C(=O)O)c(Cc2ccccc2)s1. The fourth-order valence-electron chi connectivity index (χ4n) is 1.62. The van der Waals surface area contributed by atoms with E-state index in [2.05, 4.69) is 4.98 Å². The Balaban J connectivity index is 2.31. The molecule has 0 bridgehead atoms. The van der Waals surface area contributed by atoms with Crippen LogP contribution >= 0.6 is 11.3 Å². The van der Waals surface area contributed by atoms with Crippen molar-refractivity contribution in [1.29, 1.82) is 0 Å². The summed E-state index contributed by atoms with van der Waals surface area (Å²) < 4.78 is 0. The summed E-state index contributed by atoms with van der Waals surface area (Å²) in [4.78, 5) is 16.1. The number of carboxylic acid groups (broad SMARTS) is 1. The van der Waals surface area contributed by atoms with Gasteiger partial charge >= 0.3 is 5.97 Å². The van der Waals surface area contributed by atoms with E-state index in [1.807, 2.05) is 37.3 Å². The fourth-order valence-corrected chi connectivity index (χ4v) is 2.65. The molecule has 0 unspecified atom stereocenters. The normalized spacial score (nSPS) is 10.4. The molecule has 0 saturated heterocycles. The standard InChI is InChI=1S/C13H13NO2S/c1-2-11-14-12(13(15)16)10(17-11)8-9-6-4-3-5-7-9/h3-7H,2,8H2,1H3,(H,15,16). The van der Waals surface area contributed by atoms with E-state index in [0.29, 0.717) is 6.42 Å². The lowest BCUT2D eigenvalue weighted by atomic mass is 10.1. The summed E-state index contributed by atoms with van der Waals surface area (Å²) in [5.74, 6) is -0.938. The van der Waals surface area contributed by atoms with E-state index in [1.165, 1.54) is 11.3 Å². The van der Waals surface area contributed by atoms with Crippen molar-refractivity contribution in [2.75, 3.05) is 0 Å². The number of carbonyl (C=O) groups is 1. The van der Waals surface area contributed by atoms with E-state index in [-0.39, 0.29) is 5.69 Å². The molecule has 0 spiro atoms. The molecule has 1 aromatic heterocycles. The Morgan fingerprint density at radius 1 is 1.35 bits per heavy atom. The zero-order chi connectivity index (χ0) is 12.3. The van der Waals surface area contributed by atoms with Gasteiger partial charge in [-0.3, -0.25) is 0 Å². The minimum absolute atomic E-state index is 0.204. The van der Waals surface area contributed by atoms with Crippen LogP contribution in [0, 0.1) is 0 Å². The van der Waals surface area contributed by atoms with Gasteiger partial charge in [0.25, 0.3) is 0 Å². The first-order chi connectivity index (χ1) is 8.20. The molecule has 2 aromatic rings. The number of hydrogen-bond donors (Lipinski definition) is 1. The molecule has 1 N–H and O–H groups in total. The monoisotopic (exact) mass is 247 g/mol. The number of benzene rings is 1. The van der Waals surface area contributed by atoms with Crippen LogP contribution in [0.4, 0.5) is 0 Å². The third-order valence-electron chi connectivity index (χ3n) is 2.45. The number of rotatable bonds is 4. The third-order valence-corrected chi connectivity index (χ3v) is 3.65. The van der Waals surface area contributed by atoms with Gasteiger partial charge in [0, 0.05) is 11.3 Å². The molecular formula is C13H13NO2S. The number of aromatic nitrogens is 1. The zero-order valence-electron chi connectivity index (χ0n) is 9.51. The number of aromatic carboxylic acids is 1. The predicted molar refractivity (Wildman–Crippen MR) is 67.7 cm³/mol. The number of aryl methyl sites for hydroxylation is 1. The van der Waals surface area contributed by atoms with Crippen molar-refractivity contribution >= 4 is 17.3 Å². The van der Waals surface area contributed by atoms with E-state index in [9.17, 15) is 4.79 Å². The molecule has 4 heteroatoms. The number of carboxylic acids is 1. The second kappa shape index (κ2) is 5.10. The maximum atomic E-state index is 11.1. The van der Waals surface area contributed by atoms with Crippen LogP contribution < -0.4 is 0 Å². The van der Waals surface area contributed by atoms with Crippen molar-refractivity contribution in [3.63, 3.8) is 0 Å². The number of thiazole rings is 1. The Morgan fingerprint density at radius 3 is 2.65 bits per heavy atom. The average Bonchev–Trinajstić information content (AvgIpc) is 2.74. The largest absolute Gasteiger partial charge is 0.476 e. The molecule has 17 heavy (non-hydrogen) atoms. The van der Waals surface area contributed by atoms with Gasteiger partial charge < -0.3 is 5.11 Å². The summed E-state index contributed by atoms with van der Waals surface area (Å²) in [6.45, 7) is 1.98. The first kappa shape index (κ1) is 11.8. The topological polar surface area (TPSA) is 50.2 Å². The first-order valence-electron chi connectivity index (χ1n) is 5.46.